The summed E-state index contributed by atoms with van der Waals surface area (Å²) in [7, 11) is 0. The maximum absolute atomic E-state index is 11.9. The van der Waals surface area contributed by atoms with Crippen LogP contribution >= 0.6 is 0 Å². The van der Waals surface area contributed by atoms with Gasteiger partial charge in [-0.05, 0) is 25.9 Å². The molecule has 1 aliphatic rings. The Kier molecular flexibility index (Phi) is 5.29. The third-order valence-corrected chi connectivity index (χ3v) is 1.80. The summed E-state index contributed by atoms with van der Waals surface area (Å²) in [6, 6.07) is 0. The van der Waals surface area contributed by atoms with Crippen LogP contribution < -0.4 is 5.32 Å². The molecule has 0 radical (unpaired) electrons. The number of rotatable bonds is 0. The second kappa shape index (κ2) is 5.41. The van der Waals surface area contributed by atoms with Crippen molar-refractivity contribution in [3.63, 3.8) is 0 Å². The summed E-state index contributed by atoms with van der Waals surface area (Å²) in [6.07, 6.45) is -3.49. The summed E-state index contributed by atoms with van der Waals surface area (Å²) in [5.41, 5.74) is 0. The molecule has 1 N–H and O–H groups in total. The van der Waals surface area contributed by atoms with Crippen molar-refractivity contribution < 1.29 is 13.2 Å². The zero-order chi connectivity index (χ0) is 9.61. The molecule has 0 amide bonds. The lowest BCUT2D eigenvalue weighted by atomic mass is 9.98. The Morgan fingerprint density at radius 3 is 1.75 bits per heavy atom. The van der Waals surface area contributed by atoms with Crippen LogP contribution in [-0.2, 0) is 0 Å². The van der Waals surface area contributed by atoms with E-state index in [0.717, 1.165) is 0 Å². The van der Waals surface area contributed by atoms with Crippen molar-refractivity contribution in [1.29, 1.82) is 0 Å². The van der Waals surface area contributed by atoms with Gasteiger partial charge in [0.1, 0.15) is 0 Å². The Balaban J connectivity index is 0.000000561. The second-order valence-electron chi connectivity index (χ2n) is 2.57. The summed E-state index contributed by atoms with van der Waals surface area (Å²) in [5.74, 6) is -1.06. The van der Waals surface area contributed by atoms with Crippen LogP contribution in [0.4, 0.5) is 13.2 Å². The van der Waals surface area contributed by atoms with Crippen LogP contribution in [0.5, 0.6) is 0 Å². The summed E-state index contributed by atoms with van der Waals surface area (Å²) in [6.45, 7) is 5.01. The van der Waals surface area contributed by atoms with Crippen molar-refractivity contribution in [2.45, 2.75) is 32.9 Å². The molecular formula is C8H16F3N. The minimum Gasteiger partial charge on any atom is -0.317 e. The Hall–Kier alpha value is -0.250. The van der Waals surface area contributed by atoms with Gasteiger partial charge in [0.15, 0.2) is 0 Å². The molecule has 0 aromatic heterocycles. The van der Waals surface area contributed by atoms with Crippen LogP contribution in [0.2, 0.25) is 0 Å². The quantitative estimate of drug-likeness (QED) is 0.608. The molecule has 74 valence electrons. The minimum atomic E-state index is -3.97. The van der Waals surface area contributed by atoms with Crippen molar-refractivity contribution in [3.8, 4) is 0 Å². The van der Waals surface area contributed by atoms with Gasteiger partial charge in [0.2, 0.25) is 0 Å². The molecule has 1 heterocycles. The molecule has 0 atom stereocenters. The highest BCUT2D eigenvalue weighted by Crippen LogP contribution is 2.31. The van der Waals surface area contributed by atoms with E-state index in [1.54, 1.807) is 0 Å². The smallest absolute Gasteiger partial charge is 0.317 e. The van der Waals surface area contributed by atoms with E-state index in [1.807, 2.05) is 13.8 Å². The van der Waals surface area contributed by atoms with Gasteiger partial charge in [0, 0.05) is 0 Å². The highest BCUT2D eigenvalue weighted by molar-refractivity contribution is 4.73. The van der Waals surface area contributed by atoms with E-state index < -0.39 is 12.1 Å². The van der Waals surface area contributed by atoms with Crippen LogP contribution in [0.25, 0.3) is 0 Å². The number of hydrogen-bond donors (Lipinski definition) is 1. The fourth-order valence-corrected chi connectivity index (χ4v) is 1.15. The SMILES string of the molecule is CC.FC(F)(F)C1CCNCC1. The molecule has 4 heteroatoms. The van der Waals surface area contributed by atoms with Gasteiger partial charge in [0.25, 0.3) is 0 Å². The van der Waals surface area contributed by atoms with Crippen LogP contribution in [-0.4, -0.2) is 19.3 Å². The van der Waals surface area contributed by atoms with Gasteiger partial charge in [-0.2, -0.15) is 13.2 Å². The van der Waals surface area contributed by atoms with Crippen molar-refractivity contribution >= 4 is 0 Å². The lowest BCUT2D eigenvalue weighted by Crippen LogP contribution is -2.35. The fraction of sp³-hybridized carbons (Fsp3) is 1.00. The average molecular weight is 183 g/mol. The van der Waals surface area contributed by atoms with Crippen LogP contribution in [0.3, 0.4) is 0 Å². The number of halogens is 3. The first kappa shape index (κ1) is 11.8. The van der Waals surface area contributed by atoms with Crippen molar-refractivity contribution in [2.75, 3.05) is 13.1 Å². The largest absolute Gasteiger partial charge is 0.391 e. The topological polar surface area (TPSA) is 12.0 Å². The number of alkyl halides is 3. The average Bonchev–Trinajstić information content (AvgIpc) is 2.08. The van der Waals surface area contributed by atoms with Gasteiger partial charge in [-0.1, -0.05) is 13.8 Å². The lowest BCUT2D eigenvalue weighted by Gasteiger charge is -2.24. The summed E-state index contributed by atoms with van der Waals surface area (Å²) < 4.78 is 35.7. The van der Waals surface area contributed by atoms with E-state index in [1.165, 1.54) is 0 Å². The highest BCUT2D eigenvalue weighted by atomic mass is 19.4. The van der Waals surface area contributed by atoms with Gasteiger partial charge >= 0.3 is 6.18 Å². The Morgan fingerprint density at radius 2 is 1.50 bits per heavy atom. The molecule has 0 unspecified atom stereocenters. The maximum atomic E-state index is 11.9. The molecule has 1 saturated heterocycles. The van der Waals surface area contributed by atoms with E-state index in [9.17, 15) is 13.2 Å². The molecule has 12 heavy (non-hydrogen) atoms. The monoisotopic (exact) mass is 183 g/mol. The zero-order valence-electron chi connectivity index (χ0n) is 7.54. The van der Waals surface area contributed by atoms with Gasteiger partial charge in [0.05, 0.1) is 5.92 Å². The van der Waals surface area contributed by atoms with E-state index >= 15 is 0 Å². The van der Waals surface area contributed by atoms with E-state index in [2.05, 4.69) is 5.32 Å². The Bertz CT molecular complexity index is 105. The Morgan fingerprint density at radius 1 is 1.08 bits per heavy atom. The summed E-state index contributed by atoms with van der Waals surface area (Å²) >= 11 is 0. The third-order valence-electron chi connectivity index (χ3n) is 1.80. The Labute approximate surface area is 71.3 Å². The van der Waals surface area contributed by atoms with Gasteiger partial charge in [-0.25, -0.2) is 0 Å². The van der Waals surface area contributed by atoms with Crippen LogP contribution in [0.1, 0.15) is 26.7 Å². The molecule has 1 fully saturated rings. The van der Waals surface area contributed by atoms with Crippen molar-refractivity contribution in [2.24, 2.45) is 5.92 Å². The normalized spacial score (nSPS) is 19.8. The highest BCUT2D eigenvalue weighted by Gasteiger charge is 2.39. The first-order valence-electron chi connectivity index (χ1n) is 4.38. The molecule has 0 aromatic carbocycles. The number of hydrogen-bond acceptors (Lipinski definition) is 1. The first-order valence-corrected chi connectivity index (χ1v) is 4.38. The molecule has 0 aromatic rings. The summed E-state index contributed by atoms with van der Waals surface area (Å²) in [5, 5.41) is 2.89. The zero-order valence-corrected chi connectivity index (χ0v) is 7.54. The first-order chi connectivity index (χ1) is 5.61. The lowest BCUT2D eigenvalue weighted by molar-refractivity contribution is -0.180. The molecule has 1 rings (SSSR count). The summed E-state index contributed by atoms with van der Waals surface area (Å²) in [4.78, 5) is 0. The second-order valence-corrected chi connectivity index (χ2v) is 2.57. The molecular weight excluding hydrogens is 167 g/mol. The van der Waals surface area contributed by atoms with Gasteiger partial charge in [-0.3, -0.25) is 0 Å². The molecule has 0 spiro atoms. The van der Waals surface area contributed by atoms with Crippen LogP contribution in [0, 0.1) is 5.92 Å². The van der Waals surface area contributed by atoms with E-state index in [4.69, 9.17) is 0 Å². The molecule has 0 bridgehead atoms. The minimum absolute atomic E-state index is 0.240. The predicted octanol–water partition coefficient (Wildman–Crippen LogP) is 2.57. The molecule has 1 nitrogen and oxygen atoms in total. The molecule has 0 aliphatic carbocycles. The van der Waals surface area contributed by atoms with E-state index in [-0.39, 0.29) is 12.8 Å². The van der Waals surface area contributed by atoms with E-state index in [0.29, 0.717) is 13.1 Å². The maximum Gasteiger partial charge on any atom is 0.391 e. The van der Waals surface area contributed by atoms with Gasteiger partial charge in [-0.15, -0.1) is 0 Å². The molecule has 1 aliphatic heterocycles. The predicted molar refractivity (Wildman–Crippen MR) is 43.0 cm³/mol. The standard InChI is InChI=1S/C6H10F3N.C2H6/c7-6(8,9)5-1-3-10-4-2-5;1-2/h5,10H,1-4H2;1-2H3. The van der Waals surface area contributed by atoms with Crippen molar-refractivity contribution in [3.05, 3.63) is 0 Å². The number of piperidine rings is 1. The third kappa shape index (κ3) is 3.95. The van der Waals surface area contributed by atoms with Crippen LogP contribution in [0.15, 0.2) is 0 Å². The molecule has 0 saturated carbocycles. The van der Waals surface area contributed by atoms with Crippen molar-refractivity contribution in [1.82, 2.24) is 5.32 Å². The fourth-order valence-electron chi connectivity index (χ4n) is 1.15. The number of nitrogens with one attached hydrogen (secondary N) is 1. The van der Waals surface area contributed by atoms with Gasteiger partial charge < -0.3 is 5.32 Å².